The number of rotatable bonds is 7. The molecule has 0 unspecified atom stereocenters. The number of pyridine rings is 2. The molecule has 1 saturated carbocycles. The number of hydrogen-bond acceptors (Lipinski definition) is 8. The van der Waals surface area contributed by atoms with Crippen molar-refractivity contribution in [3.63, 3.8) is 0 Å². The summed E-state index contributed by atoms with van der Waals surface area (Å²) in [6.45, 7) is 2.02. The summed E-state index contributed by atoms with van der Waals surface area (Å²) in [5.74, 6) is -1.08. The fourth-order valence-electron chi connectivity index (χ4n) is 5.51. The Bertz CT molecular complexity index is 1260. The lowest BCUT2D eigenvalue weighted by Crippen LogP contribution is -2.52. The van der Waals surface area contributed by atoms with Crippen LogP contribution in [0.4, 0.5) is 10.1 Å². The smallest absolute Gasteiger partial charge is 0.270 e. The molecule has 2 aromatic heterocycles. The minimum absolute atomic E-state index is 0.0359. The van der Waals surface area contributed by atoms with E-state index in [1.165, 1.54) is 19.3 Å². The van der Waals surface area contributed by atoms with E-state index in [1.54, 1.807) is 11.1 Å². The van der Waals surface area contributed by atoms with Gasteiger partial charge in [0.15, 0.2) is 5.82 Å². The summed E-state index contributed by atoms with van der Waals surface area (Å²) in [7, 11) is 1.39. The van der Waals surface area contributed by atoms with Gasteiger partial charge in [-0.3, -0.25) is 14.6 Å². The van der Waals surface area contributed by atoms with E-state index in [2.05, 4.69) is 20.2 Å². The average Bonchev–Trinajstić information content (AvgIpc) is 3.52. The average molecular weight is 522 g/mol. The number of piperidine rings is 1. The summed E-state index contributed by atoms with van der Waals surface area (Å²) in [4.78, 5) is 38.3. The quantitative estimate of drug-likeness (QED) is 0.374. The number of methoxy groups -OCH3 is 1. The second kappa shape index (κ2) is 10.4. The monoisotopic (exact) mass is 521 g/mol. The standard InChI is InChI=1S/C27H32FN7O3/c1-38-24-11-20(21(28)15-32-24)22(29)12-23(30)26(37)35-10-4-17(13-27(35)6-7-27)25(36)33-18-5-9-34(16-18)19-3-2-8-31-14-19/h2-3,8,11-12,14-15,17-18,29H,4-7,9-10,13,16,30H2,1H3,(H,33,36)/t17-,18+/m0/s1. The Morgan fingerprint density at radius 1 is 1.29 bits per heavy atom. The molecule has 38 heavy (non-hydrogen) atoms. The number of halogens is 1. The summed E-state index contributed by atoms with van der Waals surface area (Å²) in [5.41, 5.74) is 6.32. The predicted octanol–water partition coefficient (Wildman–Crippen LogP) is 2.00. The zero-order chi connectivity index (χ0) is 26.9. The number of aromatic nitrogens is 2. The van der Waals surface area contributed by atoms with Crippen LogP contribution in [-0.4, -0.2) is 70.7 Å². The van der Waals surface area contributed by atoms with E-state index in [0.29, 0.717) is 19.4 Å². The molecule has 2 amide bonds. The summed E-state index contributed by atoms with van der Waals surface area (Å²) in [6, 6.07) is 5.30. The molecular formula is C27H32FN7O3. The SMILES string of the molecule is COc1cc(C(=N)C=C(N)C(=O)N2CC[C@H](C(=O)N[C@@H]3CCN(c4cccnc4)C3)CC23CC3)c(F)cn1. The van der Waals surface area contributed by atoms with Gasteiger partial charge in [-0.25, -0.2) is 9.37 Å². The highest BCUT2D eigenvalue weighted by Gasteiger charge is 2.54. The minimum Gasteiger partial charge on any atom is -0.481 e. The first kappa shape index (κ1) is 25.6. The minimum atomic E-state index is -0.705. The van der Waals surface area contributed by atoms with Gasteiger partial charge in [0.2, 0.25) is 11.8 Å². The maximum absolute atomic E-state index is 14.2. The van der Waals surface area contributed by atoms with Gasteiger partial charge in [0, 0.05) is 55.0 Å². The first-order chi connectivity index (χ1) is 18.3. The molecule has 0 bridgehead atoms. The highest BCUT2D eigenvalue weighted by Crippen LogP contribution is 2.50. The molecule has 2 saturated heterocycles. The molecule has 0 radical (unpaired) electrons. The van der Waals surface area contributed by atoms with Crippen LogP contribution in [0.5, 0.6) is 5.88 Å². The molecule has 5 rings (SSSR count). The molecule has 11 heteroatoms. The zero-order valence-corrected chi connectivity index (χ0v) is 21.3. The number of nitrogens with two attached hydrogens (primary N) is 1. The zero-order valence-electron chi connectivity index (χ0n) is 21.3. The van der Waals surface area contributed by atoms with Crippen molar-refractivity contribution < 1.29 is 18.7 Å². The van der Waals surface area contributed by atoms with Crippen molar-refractivity contribution in [3.8, 4) is 5.88 Å². The Morgan fingerprint density at radius 2 is 2.11 bits per heavy atom. The molecule has 2 atom stereocenters. The van der Waals surface area contributed by atoms with Crippen LogP contribution in [0.1, 0.15) is 37.7 Å². The van der Waals surface area contributed by atoms with Gasteiger partial charge in [-0.05, 0) is 50.3 Å². The lowest BCUT2D eigenvalue weighted by atomic mass is 9.87. The molecule has 3 aliphatic rings. The Morgan fingerprint density at radius 3 is 2.82 bits per heavy atom. The van der Waals surface area contributed by atoms with Crippen molar-refractivity contribution in [2.24, 2.45) is 11.7 Å². The van der Waals surface area contributed by atoms with E-state index in [4.69, 9.17) is 15.9 Å². The van der Waals surface area contributed by atoms with Crippen LogP contribution in [-0.2, 0) is 9.59 Å². The van der Waals surface area contributed by atoms with Gasteiger partial charge in [0.05, 0.1) is 36.6 Å². The van der Waals surface area contributed by atoms with Crippen molar-refractivity contribution >= 4 is 23.2 Å². The number of carbonyl (C=O) groups excluding carboxylic acids is 2. The highest BCUT2D eigenvalue weighted by molar-refractivity contribution is 6.11. The Labute approximate surface area is 220 Å². The van der Waals surface area contributed by atoms with Gasteiger partial charge in [-0.15, -0.1) is 0 Å². The number of nitrogens with zero attached hydrogens (tertiary/aromatic N) is 4. The molecule has 4 N–H and O–H groups in total. The molecule has 1 spiro atoms. The van der Waals surface area contributed by atoms with E-state index in [-0.39, 0.29) is 46.3 Å². The third kappa shape index (κ3) is 5.18. The summed E-state index contributed by atoms with van der Waals surface area (Å²) < 4.78 is 19.2. The number of allylic oxidation sites excluding steroid dienone is 1. The first-order valence-corrected chi connectivity index (χ1v) is 12.8. The second-order valence-corrected chi connectivity index (χ2v) is 10.2. The van der Waals surface area contributed by atoms with E-state index in [0.717, 1.165) is 44.2 Å². The first-order valence-electron chi connectivity index (χ1n) is 12.8. The number of amides is 2. The number of anilines is 1. The molecule has 10 nitrogen and oxygen atoms in total. The van der Waals surface area contributed by atoms with E-state index in [1.807, 2.05) is 18.3 Å². The normalized spacial score (nSPS) is 22.3. The number of ether oxygens (including phenoxy) is 1. The van der Waals surface area contributed by atoms with Gasteiger partial charge in [-0.1, -0.05) is 0 Å². The summed E-state index contributed by atoms with van der Waals surface area (Å²) in [5, 5.41) is 11.5. The number of carbonyl (C=O) groups is 2. The largest absolute Gasteiger partial charge is 0.481 e. The van der Waals surface area contributed by atoms with Gasteiger partial charge < -0.3 is 31.0 Å². The van der Waals surface area contributed by atoms with Crippen LogP contribution in [0, 0.1) is 17.1 Å². The lowest BCUT2D eigenvalue weighted by Gasteiger charge is -2.40. The van der Waals surface area contributed by atoms with Crippen molar-refractivity contribution in [2.75, 3.05) is 31.6 Å². The predicted molar refractivity (Wildman–Crippen MR) is 139 cm³/mol. The van der Waals surface area contributed by atoms with E-state index in [9.17, 15) is 14.0 Å². The third-order valence-corrected chi connectivity index (χ3v) is 7.77. The maximum atomic E-state index is 14.2. The van der Waals surface area contributed by atoms with Gasteiger partial charge in [0.25, 0.3) is 5.91 Å². The third-order valence-electron chi connectivity index (χ3n) is 7.77. The fourth-order valence-corrected chi connectivity index (χ4v) is 5.51. The van der Waals surface area contributed by atoms with Crippen LogP contribution in [0.2, 0.25) is 0 Å². The van der Waals surface area contributed by atoms with Crippen molar-refractivity contribution in [1.29, 1.82) is 5.41 Å². The Balaban J connectivity index is 1.19. The van der Waals surface area contributed by atoms with Crippen molar-refractivity contribution in [2.45, 2.75) is 43.7 Å². The van der Waals surface area contributed by atoms with Crippen LogP contribution in [0.15, 0.2) is 48.6 Å². The molecule has 2 aromatic rings. The fraction of sp³-hybridized carbons (Fsp3) is 0.444. The second-order valence-electron chi connectivity index (χ2n) is 10.2. The summed E-state index contributed by atoms with van der Waals surface area (Å²) >= 11 is 0. The molecule has 2 aliphatic heterocycles. The van der Waals surface area contributed by atoms with Crippen LogP contribution < -0.4 is 20.7 Å². The lowest BCUT2D eigenvalue weighted by molar-refractivity contribution is -0.137. The van der Waals surface area contributed by atoms with Crippen molar-refractivity contribution in [3.05, 3.63) is 59.9 Å². The highest BCUT2D eigenvalue weighted by atomic mass is 19.1. The topological polar surface area (TPSA) is 138 Å². The van der Waals surface area contributed by atoms with Crippen molar-refractivity contribution in [1.82, 2.24) is 20.2 Å². The number of likely N-dealkylation sites (tertiary alicyclic amines) is 1. The molecule has 3 fully saturated rings. The summed E-state index contributed by atoms with van der Waals surface area (Å²) in [6.07, 6.45) is 9.33. The molecule has 0 aromatic carbocycles. The Kier molecular flexibility index (Phi) is 7.00. The van der Waals surface area contributed by atoms with Crippen LogP contribution >= 0.6 is 0 Å². The molecular weight excluding hydrogens is 489 g/mol. The van der Waals surface area contributed by atoms with Gasteiger partial charge in [-0.2, -0.15) is 0 Å². The van der Waals surface area contributed by atoms with E-state index < -0.39 is 11.7 Å². The van der Waals surface area contributed by atoms with Gasteiger partial charge >= 0.3 is 0 Å². The number of hydrogen-bond donors (Lipinski definition) is 3. The number of nitrogens with one attached hydrogen (secondary N) is 2. The maximum Gasteiger partial charge on any atom is 0.270 e. The van der Waals surface area contributed by atoms with Gasteiger partial charge in [0.1, 0.15) is 0 Å². The van der Waals surface area contributed by atoms with Crippen LogP contribution in [0.25, 0.3) is 0 Å². The van der Waals surface area contributed by atoms with E-state index >= 15 is 0 Å². The molecule has 200 valence electrons. The molecule has 4 heterocycles. The Hall–Kier alpha value is -4.02. The molecule has 1 aliphatic carbocycles. The van der Waals surface area contributed by atoms with Crippen LogP contribution in [0.3, 0.4) is 0 Å².